The van der Waals surface area contributed by atoms with Crippen molar-refractivity contribution in [2.75, 3.05) is 6.26 Å². The maximum absolute atomic E-state index is 11.5. The van der Waals surface area contributed by atoms with Crippen LogP contribution in [0.1, 0.15) is 25.5 Å². The summed E-state index contributed by atoms with van der Waals surface area (Å²) in [7, 11) is -2.64. The number of hydrogen-bond acceptors (Lipinski definition) is 3. The van der Waals surface area contributed by atoms with Crippen LogP contribution in [0.3, 0.4) is 0 Å². The molecule has 0 fully saturated rings. The quantitative estimate of drug-likeness (QED) is 0.792. The standard InChI is InChI=1S/C9H14N2OS/c1-7(2)9-8(13(3,10)12)5-4-6-11-9/h4-7,10H,1-3H3. The van der Waals surface area contributed by atoms with E-state index in [4.69, 9.17) is 4.78 Å². The Morgan fingerprint density at radius 3 is 2.54 bits per heavy atom. The van der Waals surface area contributed by atoms with Gasteiger partial charge in [0.15, 0.2) is 0 Å². The smallest absolute Gasteiger partial charge is 0.0715 e. The van der Waals surface area contributed by atoms with Gasteiger partial charge in [-0.3, -0.25) is 4.98 Å². The van der Waals surface area contributed by atoms with Crippen LogP contribution in [0.25, 0.3) is 0 Å². The normalized spacial score (nSPS) is 15.7. The van der Waals surface area contributed by atoms with E-state index in [-0.39, 0.29) is 5.92 Å². The highest BCUT2D eigenvalue weighted by molar-refractivity contribution is 7.91. The average molecular weight is 198 g/mol. The summed E-state index contributed by atoms with van der Waals surface area (Å²) in [5, 5.41) is 0. The third kappa shape index (κ3) is 2.28. The number of hydrogen-bond donors (Lipinski definition) is 1. The molecule has 1 unspecified atom stereocenters. The van der Waals surface area contributed by atoms with Crippen LogP contribution in [0, 0.1) is 4.78 Å². The Bertz CT molecular complexity index is 396. The van der Waals surface area contributed by atoms with Crippen molar-refractivity contribution >= 4 is 9.73 Å². The second-order valence-electron chi connectivity index (χ2n) is 3.39. The predicted molar refractivity (Wildman–Crippen MR) is 53.4 cm³/mol. The van der Waals surface area contributed by atoms with Crippen LogP contribution in [-0.4, -0.2) is 15.4 Å². The van der Waals surface area contributed by atoms with Gasteiger partial charge in [-0.2, -0.15) is 0 Å². The fourth-order valence-electron chi connectivity index (χ4n) is 1.17. The molecule has 0 aromatic carbocycles. The lowest BCUT2D eigenvalue weighted by Gasteiger charge is -2.10. The van der Waals surface area contributed by atoms with E-state index < -0.39 is 9.73 Å². The number of pyridine rings is 1. The molecule has 1 N–H and O–H groups in total. The van der Waals surface area contributed by atoms with Gasteiger partial charge in [-0.1, -0.05) is 13.8 Å². The zero-order valence-corrected chi connectivity index (χ0v) is 8.89. The highest BCUT2D eigenvalue weighted by atomic mass is 32.2. The third-order valence-electron chi connectivity index (χ3n) is 1.77. The molecule has 0 spiro atoms. The molecule has 0 bridgehead atoms. The molecular formula is C9H14N2OS. The zero-order chi connectivity index (χ0) is 10.1. The minimum Gasteiger partial charge on any atom is -0.260 e. The summed E-state index contributed by atoms with van der Waals surface area (Å²) in [5.74, 6) is 0.210. The summed E-state index contributed by atoms with van der Waals surface area (Å²) in [6.45, 7) is 3.97. The number of nitrogens with zero attached hydrogens (tertiary/aromatic N) is 1. The number of rotatable bonds is 2. The molecule has 1 aromatic rings. The van der Waals surface area contributed by atoms with Crippen LogP contribution in [-0.2, 0) is 9.73 Å². The summed E-state index contributed by atoms with van der Waals surface area (Å²) >= 11 is 0. The monoisotopic (exact) mass is 198 g/mol. The van der Waals surface area contributed by atoms with E-state index in [1.165, 1.54) is 6.26 Å². The molecular weight excluding hydrogens is 184 g/mol. The SMILES string of the molecule is CC(C)c1ncccc1S(C)(=N)=O. The van der Waals surface area contributed by atoms with Crippen molar-refractivity contribution in [1.82, 2.24) is 4.98 Å². The Morgan fingerprint density at radius 1 is 1.54 bits per heavy atom. The lowest BCUT2D eigenvalue weighted by atomic mass is 10.1. The molecule has 0 saturated heterocycles. The van der Waals surface area contributed by atoms with Crippen LogP contribution < -0.4 is 0 Å². The Morgan fingerprint density at radius 2 is 2.15 bits per heavy atom. The molecule has 1 atom stereocenters. The zero-order valence-electron chi connectivity index (χ0n) is 8.07. The molecule has 3 nitrogen and oxygen atoms in total. The number of nitrogens with one attached hydrogen (secondary N) is 1. The van der Waals surface area contributed by atoms with Gasteiger partial charge in [0.25, 0.3) is 0 Å². The maximum Gasteiger partial charge on any atom is 0.0715 e. The summed E-state index contributed by atoms with van der Waals surface area (Å²) in [6, 6.07) is 3.44. The lowest BCUT2D eigenvalue weighted by Crippen LogP contribution is -2.04. The molecule has 1 heterocycles. The summed E-state index contributed by atoms with van der Waals surface area (Å²) < 4.78 is 19.0. The van der Waals surface area contributed by atoms with Gasteiger partial charge in [0, 0.05) is 12.5 Å². The van der Waals surface area contributed by atoms with E-state index in [2.05, 4.69) is 4.98 Å². The van der Waals surface area contributed by atoms with Gasteiger partial charge >= 0.3 is 0 Å². The van der Waals surface area contributed by atoms with Crippen LogP contribution >= 0.6 is 0 Å². The topological polar surface area (TPSA) is 53.8 Å². The van der Waals surface area contributed by atoms with Crippen molar-refractivity contribution in [3.05, 3.63) is 24.0 Å². The van der Waals surface area contributed by atoms with E-state index in [9.17, 15) is 4.21 Å². The average Bonchev–Trinajstić information content (AvgIpc) is 2.03. The highest BCUT2D eigenvalue weighted by Gasteiger charge is 2.12. The lowest BCUT2D eigenvalue weighted by molar-refractivity contribution is 0.674. The maximum atomic E-state index is 11.5. The summed E-state index contributed by atoms with van der Waals surface area (Å²) in [4.78, 5) is 4.71. The molecule has 0 radical (unpaired) electrons. The van der Waals surface area contributed by atoms with Crippen molar-refractivity contribution in [2.24, 2.45) is 0 Å². The van der Waals surface area contributed by atoms with Crippen molar-refractivity contribution in [3.63, 3.8) is 0 Å². The first-order chi connectivity index (χ1) is 5.93. The summed E-state index contributed by atoms with van der Waals surface area (Å²) in [5.41, 5.74) is 0.769. The van der Waals surface area contributed by atoms with Crippen molar-refractivity contribution < 1.29 is 4.21 Å². The Hall–Kier alpha value is -0.900. The first-order valence-electron chi connectivity index (χ1n) is 4.11. The van der Waals surface area contributed by atoms with Gasteiger partial charge in [0.2, 0.25) is 0 Å². The Kier molecular flexibility index (Phi) is 2.71. The highest BCUT2D eigenvalue weighted by Crippen LogP contribution is 2.20. The summed E-state index contributed by atoms with van der Waals surface area (Å²) in [6.07, 6.45) is 3.10. The second kappa shape index (κ2) is 3.46. The molecule has 0 amide bonds. The second-order valence-corrected chi connectivity index (χ2v) is 5.51. The first-order valence-corrected chi connectivity index (χ1v) is 6.08. The van der Waals surface area contributed by atoms with Crippen LogP contribution in [0.15, 0.2) is 23.2 Å². The third-order valence-corrected chi connectivity index (χ3v) is 2.95. The molecule has 1 rings (SSSR count). The first kappa shape index (κ1) is 10.2. The van der Waals surface area contributed by atoms with Crippen LogP contribution in [0.5, 0.6) is 0 Å². The molecule has 0 aliphatic rings. The molecule has 4 heteroatoms. The van der Waals surface area contributed by atoms with E-state index in [0.717, 1.165) is 5.69 Å². The van der Waals surface area contributed by atoms with Crippen molar-refractivity contribution in [3.8, 4) is 0 Å². The molecule has 0 aliphatic heterocycles. The Labute approximate surface area is 79.2 Å². The Balaban J connectivity index is 3.37. The minimum atomic E-state index is -2.64. The molecule has 72 valence electrons. The molecule has 0 saturated carbocycles. The fraction of sp³-hybridized carbons (Fsp3) is 0.444. The molecule has 13 heavy (non-hydrogen) atoms. The van der Waals surface area contributed by atoms with E-state index in [1.807, 2.05) is 13.8 Å². The van der Waals surface area contributed by atoms with Crippen molar-refractivity contribution in [2.45, 2.75) is 24.7 Å². The van der Waals surface area contributed by atoms with Gasteiger partial charge in [0.1, 0.15) is 0 Å². The van der Waals surface area contributed by atoms with Gasteiger partial charge in [-0.15, -0.1) is 0 Å². The molecule has 0 aliphatic carbocycles. The predicted octanol–water partition coefficient (Wildman–Crippen LogP) is 2.24. The van der Waals surface area contributed by atoms with Gasteiger partial charge < -0.3 is 0 Å². The largest absolute Gasteiger partial charge is 0.260 e. The minimum absolute atomic E-state index is 0.210. The van der Waals surface area contributed by atoms with Gasteiger partial charge in [-0.05, 0) is 18.1 Å². The fourth-order valence-corrected chi connectivity index (χ4v) is 2.19. The van der Waals surface area contributed by atoms with Gasteiger partial charge in [0.05, 0.1) is 20.3 Å². The van der Waals surface area contributed by atoms with E-state index in [1.54, 1.807) is 18.3 Å². The van der Waals surface area contributed by atoms with Crippen LogP contribution in [0.4, 0.5) is 0 Å². The van der Waals surface area contributed by atoms with Gasteiger partial charge in [-0.25, -0.2) is 8.99 Å². The van der Waals surface area contributed by atoms with Crippen LogP contribution in [0.2, 0.25) is 0 Å². The van der Waals surface area contributed by atoms with E-state index in [0.29, 0.717) is 4.90 Å². The van der Waals surface area contributed by atoms with Crippen molar-refractivity contribution in [1.29, 1.82) is 4.78 Å². The number of aromatic nitrogens is 1. The van der Waals surface area contributed by atoms with E-state index >= 15 is 0 Å². The molecule has 1 aromatic heterocycles.